The average Bonchev–Trinajstić information content (AvgIpc) is 2.74. The number of aryl methyl sites for hydroxylation is 1. The van der Waals surface area contributed by atoms with E-state index in [1.165, 1.54) is 6.33 Å². The second-order valence-electron chi connectivity index (χ2n) is 4.65. The van der Waals surface area contributed by atoms with E-state index in [9.17, 15) is 0 Å². The van der Waals surface area contributed by atoms with Crippen molar-refractivity contribution in [2.75, 3.05) is 23.8 Å². The van der Waals surface area contributed by atoms with Crippen molar-refractivity contribution in [3.8, 4) is 0 Å². The third kappa shape index (κ3) is 3.69. The lowest BCUT2D eigenvalue weighted by atomic mass is 10.3. The standard InChI is InChI=1S/C13H19N5O/c1-9(14)7-18(3)12-6-11(15-8-16-12)17-13-5-4-10(2)19-13/h4-6,8-9H,7,14H2,1-3H3,(H,15,16,17). The minimum atomic E-state index is 0.0871. The molecular weight excluding hydrogens is 242 g/mol. The molecule has 6 heteroatoms. The lowest BCUT2D eigenvalue weighted by Gasteiger charge is -2.20. The van der Waals surface area contributed by atoms with Gasteiger partial charge in [-0.1, -0.05) is 0 Å². The first-order chi connectivity index (χ1) is 9.04. The minimum Gasteiger partial charge on any atom is -0.446 e. The van der Waals surface area contributed by atoms with Crippen molar-refractivity contribution in [3.63, 3.8) is 0 Å². The fourth-order valence-electron chi connectivity index (χ4n) is 1.78. The summed E-state index contributed by atoms with van der Waals surface area (Å²) in [6.45, 7) is 4.59. The number of aromatic nitrogens is 2. The Balaban J connectivity index is 2.10. The van der Waals surface area contributed by atoms with Gasteiger partial charge >= 0.3 is 0 Å². The molecule has 0 aromatic carbocycles. The summed E-state index contributed by atoms with van der Waals surface area (Å²) in [5, 5.41) is 3.10. The zero-order valence-electron chi connectivity index (χ0n) is 11.4. The normalized spacial score (nSPS) is 12.2. The van der Waals surface area contributed by atoms with Gasteiger partial charge in [0, 0.05) is 31.8 Å². The molecule has 0 fully saturated rings. The monoisotopic (exact) mass is 261 g/mol. The topological polar surface area (TPSA) is 80.2 Å². The highest BCUT2D eigenvalue weighted by atomic mass is 16.4. The summed E-state index contributed by atoms with van der Waals surface area (Å²) in [5.41, 5.74) is 5.78. The Hall–Kier alpha value is -2.08. The molecule has 2 rings (SSSR count). The summed E-state index contributed by atoms with van der Waals surface area (Å²) >= 11 is 0. The predicted molar refractivity (Wildman–Crippen MR) is 75.7 cm³/mol. The summed E-state index contributed by atoms with van der Waals surface area (Å²) in [6.07, 6.45) is 1.52. The maximum Gasteiger partial charge on any atom is 0.198 e. The van der Waals surface area contributed by atoms with Crippen LogP contribution in [0.5, 0.6) is 0 Å². The van der Waals surface area contributed by atoms with Crippen molar-refractivity contribution >= 4 is 17.5 Å². The molecule has 0 saturated carbocycles. The molecule has 0 bridgehead atoms. The van der Waals surface area contributed by atoms with E-state index >= 15 is 0 Å². The Labute approximate surface area is 112 Å². The van der Waals surface area contributed by atoms with Crippen LogP contribution >= 0.6 is 0 Å². The number of anilines is 3. The number of nitrogens with one attached hydrogen (secondary N) is 1. The Morgan fingerprint density at radius 2 is 2.21 bits per heavy atom. The molecule has 6 nitrogen and oxygen atoms in total. The number of nitrogens with zero attached hydrogens (tertiary/aromatic N) is 3. The number of furan rings is 1. The second kappa shape index (κ2) is 5.71. The van der Waals surface area contributed by atoms with Crippen LogP contribution in [-0.4, -0.2) is 29.6 Å². The molecule has 0 radical (unpaired) electrons. The molecule has 19 heavy (non-hydrogen) atoms. The van der Waals surface area contributed by atoms with Gasteiger partial charge in [-0.25, -0.2) is 9.97 Å². The molecule has 1 atom stereocenters. The highest BCUT2D eigenvalue weighted by Gasteiger charge is 2.07. The summed E-state index contributed by atoms with van der Waals surface area (Å²) in [5.74, 6) is 3.02. The smallest absolute Gasteiger partial charge is 0.198 e. The average molecular weight is 261 g/mol. The van der Waals surface area contributed by atoms with Crippen LogP contribution in [0.25, 0.3) is 0 Å². The van der Waals surface area contributed by atoms with E-state index in [0.29, 0.717) is 11.7 Å². The van der Waals surface area contributed by atoms with Crippen molar-refractivity contribution < 1.29 is 4.42 Å². The highest BCUT2D eigenvalue weighted by molar-refractivity contribution is 5.55. The van der Waals surface area contributed by atoms with Crippen molar-refractivity contribution in [3.05, 3.63) is 30.3 Å². The Morgan fingerprint density at radius 1 is 1.42 bits per heavy atom. The van der Waals surface area contributed by atoms with E-state index in [0.717, 1.165) is 18.1 Å². The SMILES string of the molecule is Cc1ccc(Nc2cc(N(C)CC(C)N)ncn2)o1. The zero-order chi connectivity index (χ0) is 13.8. The van der Waals surface area contributed by atoms with Crippen molar-refractivity contribution in [2.45, 2.75) is 19.9 Å². The molecule has 3 N–H and O–H groups in total. The van der Waals surface area contributed by atoms with Gasteiger partial charge in [-0.05, 0) is 19.9 Å². The van der Waals surface area contributed by atoms with Gasteiger partial charge in [0.15, 0.2) is 5.88 Å². The molecular formula is C13H19N5O. The zero-order valence-corrected chi connectivity index (χ0v) is 11.4. The number of hydrogen-bond donors (Lipinski definition) is 2. The van der Waals surface area contributed by atoms with Gasteiger partial charge in [-0.3, -0.25) is 0 Å². The Kier molecular flexibility index (Phi) is 4.01. The fraction of sp³-hybridized carbons (Fsp3) is 0.385. The van der Waals surface area contributed by atoms with Crippen molar-refractivity contribution in [1.29, 1.82) is 0 Å². The molecule has 0 aliphatic carbocycles. The number of rotatable bonds is 5. The van der Waals surface area contributed by atoms with Crippen LogP contribution in [0.2, 0.25) is 0 Å². The fourth-order valence-corrected chi connectivity index (χ4v) is 1.78. The molecule has 2 aromatic rings. The predicted octanol–water partition coefficient (Wildman–Crippen LogP) is 1.91. The summed E-state index contributed by atoms with van der Waals surface area (Å²) in [6, 6.07) is 5.71. The van der Waals surface area contributed by atoms with Crippen LogP contribution in [-0.2, 0) is 0 Å². The molecule has 2 aromatic heterocycles. The lowest BCUT2D eigenvalue weighted by Crippen LogP contribution is -2.33. The second-order valence-corrected chi connectivity index (χ2v) is 4.65. The van der Waals surface area contributed by atoms with Crippen LogP contribution in [0.3, 0.4) is 0 Å². The van der Waals surface area contributed by atoms with Gasteiger partial charge in [-0.15, -0.1) is 0 Å². The first-order valence-electron chi connectivity index (χ1n) is 6.17. The van der Waals surface area contributed by atoms with Gasteiger partial charge in [-0.2, -0.15) is 0 Å². The molecule has 1 unspecified atom stereocenters. The Morgan fingerprint density at radius 3 is 2.84 bits per heavy atom. The van der Waals surface area contributed by atoms with E-state index in [2.05, 4.69) is 15.3 Å². The van der Waals surface area contributed by atoms with Crippen molar-refractivity contribution in [2.24, 2.45) is 5.73 Å². The maximum atomic E-state index is 5.78. The van der Waals surface area contributed by atoms with Gasteiger partial charge in [0.2, 0.25) is 0 Å². The van der Waals surface area contributed by atoms with E-state index in [1.54, 1.807) is 0 Å². The van der Waals surface area contributed by atoms with Crippen LogP contribution in [0.15, 0.2) is 28.9 Å². The molecule has 102 valence electrons. The summed E-state index contributed by atoms with van der Waals surface area (Å²) in [4.78, 5) is 10.4. The van der Waals surface area contributed by atoms with E-state index in [1.807, 2.05) is 44.0 Å². The lowest BCUT2D eigenvalue weighted by molar-refractivity contribution is 0.551. The van der Waals surface area contributed by atoms with Gasteiger partial charge < -0.3 is 20.4 Å². The number of nitrogens with two attached hydrogens (primary N) is 1. The minimum absolute atomic E-state index is 0.0871. The van der Waals surface area contributed by atoms with Gasteiger partial charge in [0.1, 0.15) is 23.7 Å². The van der Waals surface area contributed by atoms with Crippen LogP contribution in [0.1, 0.15) is 12.7 Å². The van der Waals surface area contributed by atoms with Crippen LogP contribution in [0.4, 0.5) is 17.5 Å². The molecule has 0 aliphatic rings. The Bertz CT molecular complexity index is 537. The van der Waals surface area contributed by atoms with Gasteiger partial charge in [0.25, 0.3) is 0 Å². The molecule has 0 amide bonds. The third-order valence-corrected chi connectivity index (χ3v) is 2.60. The molecule has 0 spiro atoms. The number of hydrogen-bond acceptors (Lipinski definition) is 6. The third-order valence-electron chi connectivity index (χ3n) is 2.60. The largest absolute Gasteiger partial charge is 0.446 e. The van der Waals surface area contributed by atoms with E-state index in [4.69, 9.17) is 10.2 Å². The molecule has 0 aliphatic heterocycles. The summed E-state index contributed by atoms with van der Waals surface area (Å²) < 4.78 is 5.45. The van der Waals surface area contributed by atoms with E-state index in [-0.39, 0.29) is 6.04 Å². The highest BCUT2D eigenvalue weighted by Crippen LogP contribution is 2.19. The van der Waals surface area contributed by atoms with Crippen LogP contribution in [0, 0.1) is 6.92 Å². The van der Waals surface area contributed by atoms with Gasteiger partial charge in [0.05, 0.1) is 0 Å². The molecule has 2 heterocycles. The quantitative estimate of drug-likeness (QED) is 0.855. The first-order valence-corrected chi connectivity index (χ1v) is 6.17. The van der Waals surface area contributed by atoms with Crippen LogP contribution < -0.4 is 16.0 Å². The number of likely N-dealkylation sites (N-methyl/N-ethyl adjacent to an activating group) is 1. The van der Waals surface area contributed by atoms with Crippen molar-refractivity contribution in [1.82, 2.24) is 9.97 Å². The summed E-state index contributed by atoms with van der Waals surface area (Å²) in [7, 11) is 1.95. The first kappa shape index (κ1) is 13.4. The van der Waals surface area contributed by atoms with E-state index < -0.39 is 0 Å². The molecule has 0 saturated heterocycles. The maximum absolute atomic E-state index is 5.78.